The van der Waals surface area contributed by atoms with Crippen LogP contribution in [0.2, 0.25) is 5.02 Å². The van der Waals surface area contributed by atoms with E-state index in [0.29, 0.717) is 0 Å². The Morgan fingerprint density at radius 1 is 1.33 bits per heavy atom. The summed E-state index contributed by atoms with van der Waals surface area (Å²) in [6, 6.07) is 6.04. The largest absolute Gasteiger partial charge is 0.361 e. The van der Waals surface area contributed by atoms with Crippen molar-refractivity contribution in [3.8, 4) is 0 Å². The molecule has 3 nitrogen and oxygen atoms in total. The van der Waals surface area contributed by atoms with E-state index in [2.05, 4.69) is 34.5 Å². The summed E-state index contributed by atoms with van der Waals surface area (Å²) in [6.45, 7) is 4.55. The average Bonchev–Trinajstić information content (AvgIpc) is 2.87. The summed E-state index contributed by atoms with van der Waals surface area (Å²) in [5.41, 5.74) is 2.44. The number of rotatable bonds is 5. The fourth-order valence-corrected chi connectivity index (χ4v) is 3.36. The van der Waals surface area contributed by atoms with Crippen LogP contribution in [0.25, 0.3) is 10.9 Å². The van der Waals surface area contributed by atoms with E-state index in [-0.39, 0.29) is 0 Å². The van der Waals surface area contributed by atoms with Crippen LogP contribution >= 0.6 is 11.6 Å². The lowest BCUT2D eigenvalue weighted by Crippen LogP contribution is -2.31. The third-order valence-electron chi connectivity index (χ3n) is 4.61. The first-order valence-electron chi connectivity index (χ1n) is 7.87. The van der Waals surface area contributed by atoms with Gasteiger partial charge in [-0.3, -0.25) is 0 Å². The molecule has 114 valence electrons. The Morgan fingerprint density at radius 3 is 2.95 bits per heavy atom. The number of hydrogen-bond donors (Lipinski definition) is 2. The molecule has 1 aromatic heterocycles. The molecule has 3 rings (SSSR count). The fraction of sp³-hybridized carbons (Fsp3) is 0.529. The van der Waals surface area contributed by atoms with Gasteiger partial charge in [-0.15, -0.1) is 0 Å². The summed E-state index contributed by atoms with van der Waals surface area (Å²) in [4.78, 5) is 5.73. The van der Waals surface area contributed by atoms with Crippen LogP contribution in [0.3, 0.4) is 0 Å². The summed E-state index contributed by atoms with van der Waals surface area (Å²) in [5.74, 6) is 0.899. The molecule has 2 N–H and O–H groups in total. The van der Waals surface area contributed by atoms with Crippen molar-refractivity contribution in [2.24, 2.45) is 5.92 Å². The number of H-pyrrole nitrogens is 1. The Bertz CT molecular complexity index is 585. The van der Waals surface area contributed by atoms with Gasteiger partial charge in [0.2, 0.25) is 0 Å². The van der Waals surface area contributed by atoms with Gasteiger partial charge in [0.1, 0.15) is 0 Å². The van der Waals surface area contributed by atoms with E-state index in [1.807, 2.05) is 12.1 Å². The molecule has 0 saturated carbocycles. The molecule has 0 amide bonds. The average molecular weight is 306 g/mol. The molecule has 0 atom stereocenters. The van der Waals surface area contributed by atoms with Crippen LogP contribution in [0.1, 0.15) is 24.8 Å². The summed E-state index contributed by atoms with van der Waals surface area (Å²) in [5, 5.41) is 5.64. The first-order valence-corrected chi connectivity index (χ1v) is 8.25. The number of benzene rings is 1. The van der Waals surface area contributed by atoms with Crippen molar-refractivity contribution in [1.29, 1.82) is 0 Å². The van der Waals surface area contributed by atoms with E-state index in [1.165, 1.54) is 43.3 Å². The van der Waals surface area contributed by atoms with Gasteiger partial charge in [-0.1, -0.05) is 17.7 Å². The molecule has 21 heavy (non-hydrogen) atoms. The van der Waals surface area contributed by atoms with E-state index in [4.69, 9.17) is 11.6 Å². The monoisotopic (exact) mass is 305 g/mol. The highest BCUT2D eigenvalue weighted by atomic mass is 35.5. The number of nitrogens with zero attached hydrogens (tertiary/aromatic N) is 1. The van der Waals surface area contributed by atoms with Crippen molar-refractivity contribution in [2.45, 2.75) is 25.8 Å². The van der Waals surface area contributed by atoms with Gasteiger partial charge in [0.15, 0.2) is 0 Å². The van der Waals surface area contributed by atoms with Crippen LogP contribution in [0.5, 0.6) is 0 Å². The van der Waals surface area contributed by atoms with Gasteiger partial charge >= 0.3 is 0 Å². The van der Waals surface area contributed by atoms with Crippen molar-refractivity contribution in [3.05, 3.63) is 35.0 Å². The number of hydrogen-bond acceptors (Lipinski definition) is 2. The maximum atomic E-state index is 6.01. The molecule has 1 saturated heterocycles. The van der Waals surface area contributed by atoms with Crippen LogP contribution < -0.4 is 5.32 Å². The van der Waals surface area contributed by atoms with E-state index in [9.17, 15) is 0 Å². The Morgan fingerprint density at radius 2 is 2.14 bits per heavy atom. The number of aromatic nitrogens is 1. The number of fused-ring (bicyclic) bond motifs is 1. The van der Waals surface area contributed by atoms with E-state index < -0.39 is 0 Å². The molecule has 1 aromatic carbocycles. The molecule has 0 unspecified atom stereocenters. The quantitative estimate of drug-likeness (QED) is 0.826. The van der Waals surface area contributed by atoms with Gasteiger partial charge < -0.3 is 15.2 Å². The number of nitrogens with one attached hydrogen (secondary N) is 2. The van der Waals surface area contributed by atoms with E-state index in [0.717, 1.165) is 29.5 Å². The van der Waals surface area contributed by atoms with Crippen molar-refractivity contribution in [1.82, 2.24) is 15.2 Å². The van der Waals surface area contributed by atoms with Gasteiger partial charge in [0.05, 0.1) is 0 Å². The molecule has 1 aliphatic heterocycles. The standard InChI is InChI=1S/C17H24ClN3/c1-21-8-5-13(6-9-21)4-7-19-11-14-12-20-17-10-15(18)2-3-16(14)17/h2-3,10,12-13,19-20H,4-9,11H2,1H3. The minimum absolute atomic E-state index is 0.783. The normalized spacial score (nSPS) is 17.6. The van der Waals surface area contributed by atoms with Crippen molar-refractivity contribution >= 4 is 22.5 Å². The van der Waals surface area contributed by atoms with Gasteiger partial charge in [-0.05, 0) is 69.6 Å². The number of likely N-dealkylation sites (tertiary alicyclic amines) is 1. The number of aromatic amines is 1. The summed E-state index contributed by atoms with van der Waals surface area (Å²) in [7, 11) is 2.22. The smallest absolute Gasteiger partial charge is 0.0472 e. The molecular formula is C17H24ClN3. The summed E-state index contributed by atoms with van der Waals surface area (Å²) >= 11 is 6.01. The Hall–Kier alpha value is -1.03. The first-order chi connectivity index (χ1) is 10.2. The topological polar surface area (TPSA) is 31.1 Å². The van der Waals surface area contributed by atoms with Crippen LogP contribution in [0.4, 0.5) is 0 Å². The second kappa shape index (κ2) is 6.82. The number of halogens is 1. The molecule has 0 radical (unpaired) electrons. The minimum atomic E-state index is 0.783. The lowest BCUT2D eigenvalue weighted by Gasteiger charge is -2.28. The third kappa shape index (κ3) is 3.79. The van der Waals surface area contributed by atoms with Crippen molar-refractivity contribution in [2.75, 3.05) is 26.7 Å². The summed E-state index contributed by atoms with van der Waals surface area (Å²) in [6.07, 6.45) is 6.08. The Kier molecular flexibility index (Phi) is 4.84. The van der Waals surface area contributed by atoms with Gasteiger partial charge in [-0.25, -0.2) is 0 Å². The van der Waals surface area contributed by atoms with Crippen LogP contribution in [-0.4, -0.2) is 36.6 Å². The molecule has 0 aliphatic carbocycles. The third-order valence-corrected chi connectivity index (χ3v) is 4.85. The van der Waals surface area contributed by atoms with Crippen LogP contribution in [0, 0.1) is 5.92 Å². The summed E-state index contributed by atoms with van der Waals surface area (Å²) < 4.78 is 0. The molecule has 1 fully saturated rings. The van der Waals surface area contributed by atoms with Gasteiger partial charge in [0, 0.05) is 28.7 Å². The zero-order valence-electron chi connectivity index (χ0n) is 12.7. The lowest BCUT2D eigenvalue weighted by molar-refractivity contribution is 0.211. The Balaban J connectivity index is 1.46. The second-order valence-corrected chi connectivity index (χ2v) is 6.65. The zero-order chi connectivity index (χ0) is 14.7. The molecule has 4 heteroatoms. The molecule has 0 bridgehead atoms. The van der Waals surface area contributed by atoms with Crippen LogP contribution in [0.15, 0.2) is 24.4 Å². The fourth-order valence-electron chi connectivity index (χ4n) is 3.18. The molecule has 0 spiro atoms. The minimum Gasteiger partial charge on any atom is -0.361 e. The highest BCUT2D eigenvalue weighted by Crippen LogP contribution is 2.22. The lowest BCUT2D eigenvalue weighted by atomic mass is 9.94. The van der Waals surface area contributed by atoms with Crippen LogP contribution in [-0.2, 0) is 6.54 Å². The Labute approximate surface area is 131 Å². The molecule has 2 heterocycles. The predicted molar refractivity (Wildman–Crippen MR) is 89.9 cm³/mol. The van der Waals surface area contributed by atoms with E-state index >= 15 is 0 Å². The SMILES string of the molecule is CN1CCC(CCNCc2c[nH]c3cc(Cl)ccc23)CC1. The second-order valence-electron chi connectivity index (χ2n) is 6.22. The van der Waals surface area contributed by atoms with Gasteiger partial charge in [-0.2, -0.15) is 0 Å². The molecule has 1 aliphatic rings. The first kappa shape index (κ1) is 14.9. The zero-order valence-corrected chi connectivity index (χ0v) is 13.4. The van der Waals surface area contributed by atoms with Gasteiger partial charge in [0.25, 0.3) is 0 Å². The molecular weight excluding hydrogens is 282 g/mol. The maximum absolute atomic E-state index is 6.01. The van der Waals surface area contributed by atoms with Crippen molar-refractivity contribution in [3.63, 3.8) is 0 Å². The maximum Gasteiger partial charge on any atom is 0.0472 e. The highest BCUT2D eigenvalue weighted by Gasteiger charge is 2.15. The van der Waals surface area contributed by atoms with Crippen molar-refractivity contribution < 1.29 is 0 Å². The number of piperidine rings is 1. The molecule has 2 aromatic rings. The highest BCUT2D eigenvalue weighted by molar-refractivity contribution is 6.31. The predicted octanol–water partition coefficient (Wildman–Crippen LogP) is 3.64. The van der Waals surface area contributed by atoms with E-state index in [1.54, 1.807) is 0 Å².